The second-order valence-electron chi connectivity index (χ2n) is 2.41. The molecule has 6 nitrogen and oxygen atoms in total. The topological polar surface area (TPSA) is 112 Å². The molecule has 0 radical (unpaired) electrons. The number of aliphatic carboxylic acids is 3. The van der Waals surface area contributed by atoms with Gasteiger partial charge in [-0.1, -0.05) is 0 Å². The zero-order valence-electron chi connectivity index (χ0n) is 9.32. The summed E-state index contributed by atoms with van der Waals surface area (Å²) >= 11 is 0. The van der Waals surface area contributed by atoms with Crippen molar-refractivity contribution in [1.29, 1.82) is 0 Å². The predicted octanol–water partition coefficient (Wildman–Crippen LogP) is 1.90. The molecule has 0 fully saturated rings. The Labute approximate surface area is 126 Å². The van der Waals surface area contributed by atoms with Crippen molar-refractivity contribution in [3.63, 3.8) is 0 Å². The van der Waals surface area contributed by atoms with Crippen molar-refractivity contribution in [1.82, 2.24) is 0 Å². The summed E-state index contributed by atoms with van der Waals surface area (Å²) in [6.07, 6.45) is -15.3. The van der Waals surface area contributed by atoms with Crippen LogP contribution in [0.15, 0.2) is 0 Å². The standard InChI is InChI=1S/3C2HF3O2.Ru/c3*3-2(4,5)1(6)7;/h3*(H,6,7);. The fourth-order valence-corrected chi connectivity index (χ4v) is 0. The smallest absolute Gasteiger partial charge is 0.475 e. The maximum Gasteiger partial charge on any atom is 0.490 e. The number of carboxylic acid groups (broad SMARTS) is 3. The molecule has 16 heteroatoms. The third kappa shape index (κ3) is 20.7. The van der Waals surface area contributed by atoms with Crippen LogP contribution in [0.4, 0.5) is 39.5 Å². The Morgan fingerprint density at radius 3 is 0.545 bits per heavy atom. The number of alkyl halides is 9. The molecule has 0 unspecified atom stereocenters. The molecule has 0 rings (SSSR count). The quantitative estimate of drug-likeness (QED) is 0.390. The van der Waals surface area contributed by atoms with Gasteiger partial charge >= 0.3 is 36.4 Å². The summed E-state index contributed by atoms with van der Waals surface area (Å²) in [6.45, 7) is 0. The van der Waals surface area contributed by atoms with E-state index in [1.165, 1.54) is 0 Å². The van der Waals surface area contributed by atoms with Gasteiger partial charge < -0.3 is 15.3 Å². The van der Waals surface area contributed by atoms with Crippen molar-refractivity contribution < 1.29 is 88.7 Å². The molecule has 0 amide bonds. The third-order valence-corrected chi connectivity index (χ3v) is 0.728. The van der Waals surface area contributed by atoms with Gasteiger partial charge in [-0.25, -0.2) is 14.4 Å². The number of halogens is 9. The summed E-state index contributed by atoms with van der Waals surface area (Å²) in [4.78, 5) is 26.7. The van der Waals surface area contributed by atoms with Crippen LogP contribution < -0.4 is 0 Å². The summed E-state index contributed by atoms with van der Waals surface area (Å²) in [5.41, 5.74) is 0. The average Bonchev–Trinajstić information content (AvgIpc) is 2.14. The minimum absolute atomic E-state index is 0. The molecule has 0 aromatic carbocycles. The van der Waals surface area contributed by atoms with Crippen LogP contribution in [0, 0.1) is 0 Å². The fraction of sp³-hybridized carbons (Fsp3) is 0.500. The van der Waals surface area contributed by atoms with Crippen LogP contribution in [-0.4, -0.2) is 51.8 Å². The Morgan fingerprint density at radius 2 is 0.545 bits per heavy atom. The first-order chi connectivity index (χ1) is 8.83. The van der Waals surface area contributed by atoms with Crippen molar-refractivity contribution in [3.8, 4) is 0 Å². The van der Waals surface area contributed by atoms with E-state index in [0.29, 0.717) is 0 Å². The Morgan fingerprint density at radius 1 is 0.500 bits per heavy atom. The monoisotopic (exact) mass is 444 g/mol. The maximum absolute atomic E-state index is 10.6. The molecule has 0 aliphatic carbocycles. The van der Waals surface area contributed by atoms with E-state index in [2.05, 4.69) is 0 Å². The van der Waals surface area contributed by atoms with E-state index in [9.17, 15) is 39.5 Å². The van der Waals surface area contributed by atoms with Crippen LogP contribution in [0.5, 0.6) is 0 Å². The van der Waals surface area contributed by atoms with Gasteiger partial charge in [0.15, 0.2) is 0 Å². The van der Waals surface area contributed by atoms with Crippen LogP contribution in [0.1, 0.15) is 0 Å². The summed E-state index contributed by atoms with van der Waals surface area (Å²) in [7, 11) is 0. The van der Waals surface area contributed by atoms with E-state index in [0.717, 1.165) is 0 Å². The second-order valence-corrected chi connectivity index (χ2v) is 2.41. The summed E-state index contributed by atoms with van der Waals surface area (Å²) in [5.74, 6) is -8.27. The molecule has 3 N–H and O–H groups in total. The van der Waals surface area contributed by atoms with Crippen molar-refractivity contribution in [2.45, 2.75) is 18.5 Å². The number of hydrogen-bond donors (Lipinski definition) is 3. The third-order valence-electron chi connectivity index (χ3n) is 0.728. The van der Waals surface area contributed by atoms with Gasteiger partial charge in [-0.15, -0.1) is 0 Å². The molecule has 0 heterocycles. The summed E-state index contributed by atoms with van der Waals surface area (Å²) in [6, 6.07) is 0. The van der Waals surface area contributed by atoms with E-state index in [1.807, 2.05) is 0 Å². The van der Waals surface area contributed by atoms with Gasteiger partial charge in [0.1, 0.15) is 0 Å². The molecule has 0 aromatic heterocycles. The minimum atomic E-state index is -5.08. The zero-order chi connectivity index (χ0) is 18.2. The van der Waals surface area contributed by atoms with E-state index in [4.69, 9.17) is 29.7 Å². The molecular formula is C6H3F9O6Ru. The molecule has 0 atom stereocenters. The summed E-state index contributed by atoms with van der Waals surface area (Å²) < 4.78 is 95.2. The van der Waals surface area contributed by atoms with Gasteiger partial charge in [-0.3, -0.25) is 0 Å². The number of hydrogen-bond acceptors (Lipinski definition) is 3. The van der Waals surface area contributed by atoms with Crippen molar-refractivity contribution in [2.75, 3.05) is 0 Å². The van der Waals surface area contributed by atoms with Gasteiger partial charge in [0.2, 0.25) is 0 Å². The van der Waals surface area contributed by atoms with Gasteiger partial charge in [0.05, 0.1) is 0 Å². The van der Waals surface area contributed by atoms with Crippen LogP contribution in [0.2, 0.25) is 0 Å². The molecular weight excluding hydrogens is 440 g/mol. The molecule has 22 heavy (non-hydrogen) atoms. The normalized spacial score (nSPS) is 10.8. The molecule has 0 aliphatic heterocycles. The number of rotatable bonds is 0. The maximum atomic E-state index is 10.6. The van der Waals surface area contributed by atoms with Gasteiger partial charge in [0, 0.05) is 19.5 Å². The molecule has 0 saturated heterocycles. The Hall–Kier alpha value is -1.60. The van der Waals surface area contributed by atoms with E-state index >= 15 is 0 Å². The van der Waals surface area contributed by atoms with E-state index in [-0.39, 0.29) is 19.5 Å². The first-order valence-corrected chi connectivity index (χ1v) is 3.73. The first kappa shape index (κ1) is 28.5. The van der Waals surface area contributed by atoms with Crippen LogP contribution in [0.25, 0.3) is 0 Å². The molecule has 0 saturated carbocycles. The molecule has 0 bridgehead atoms. The fourth-order valence-electron chi connectivity index (χ4n) is 0. The van der Waals surface area contributed by atoms with E-state index < -0.39 is 36.4 Å². The zero-order valence-corrected chi connectivity index (χ0v) is 11.1. The van der Waals surface area contributed by atoms with E-state index in [1.54, 1.807) is 0 Å². The van der Waals surface area contributed by atoms with Crippen molar-refractivity contribution in [2.24, 2.45) is 0 Å². The molecule has 0 spiro atoms. The summed E-state index contributed by atoms with van der Waals surface area (Å²) in [5, 5.41) is 21.4. The molecule has 0 aromatic rings. The van der Waals surface area contributed by atoms with Crippen molar-refractivity contribution >= 4 is 17.9 Å². The SMILES string of the molecule is O=C(O)C(F)(F)F.O=C(O)C(F)(F)F.O=C(O)C(F)(F)F.[Ru]. The van der Waals surface area contributed by atoms with Gasteiger partial charge in [-0.05, 0) is 0 Å². The van der Waals surface area contributed by atoms with Gasteiger partial charge in [0.25, 0.3) is 0 Å². The molecule has 134 valence electrons. The van der Waals surface area contributed by atoms with Crippen LogP contribution in [-0.2, 0) is 33.9 Å². The van der Waals surface area contributed by atoms with Crippen LogP contribution in [0.3, 0.4) is 0 Å². The average molecular weight is 443 g/mol. The van der Waals surface area contributed by atoms with Crippen LogP contribution >= 0.6 is 0 Å². The Balaban J connectivity index is -0.000000108. The molecule has 0 aliphatic rings. The minimum Gasteiger partial charge on any atom is -0.475 e. The second kappa shape index (κ2) is 10.2. The first-order valence-electron chi connectivity index (χ1n) is 3.73. The number of carboxylic acids is 3. The predicted molar refractivity (Wildman–Crippen MR) is 41.1 cm³/mol. The van der Waals surface area contributed by atoms with Crippen molar-refractivity contribution in [3.05, 3.63) is 0 Å². The number of carbonyl (C=O) groups is 3. The Bertz CT molecular complexity index is 313. The van der Waals surface area contributed by atoms with Gasteiger partial charge in [-0.2, -0.15) is 39.5 Å². The Kier molecular flexibility index (Phi) is 13.2. The largest absolute Gasteiger partial charge is 0.490 e.